The maximum absolute atomic E-state index is 10.8. The van der Waals surface area contributed by atoms with Gasteiger partial charge in [0.05, 0.1) is 17.2 Å². The normalized spacial score (nSPS) is 10.5. The highest BCUT2D eigenvalue weighted by Gasteiger charge is 2.02. The van der Waals surface area contributed by atoms with E-state index in [9.17, 15) is 9.59 Å². The molecule has 0 fully saturated rings. The quantitative estimate of drug-likeness (QED) is 0.0957. The van der Waals surface area contributed by atoms with Gasteiger partial charge in [0.25, 0.3) is 0 Å². The molecular formula is C24H32N8O2S3. The monoisotopic (exact) mass is 560 g/mol. The minimum absolute atomic E-state index is 0.0186. The topological polar surface area (TPSA) is 187 Å². The third-order valence-electron chi connectivity index (χ3n) is 4.37. The van der Waals surface area contributed by atoms with Crippen LogP contribution in [0.25, 0.3) is 0 Å². The van der Waals surface area contributed by atoms with Crippen LogP contribution in [0.2, 0.25) is 0 Å². The second kappa shape index (κ2) is 17.7. The van der Waals surface area contributed by atoms with Crippen molar-refractivity contribution in [3.05, 3.63) is 70.8 Å². The Labute approximate surface area is 232 Å². The first-order valence-electron chi connectivity index (χ1n) is 10.7. The molecule has 0 heterocycles. The highest BCUT2D eigenvalue weighted by molar-refractivity contribution is 7.80. The second-order valence-corrected chi connectivity index (χ2v) is 8.72. The molecule has 0 aromatic heterocycles. The summed E-state index contributed by atoms with van der Waals surface area (Å²) in [5.41, 5.74) is 25.1. The lowest BCUT2D eigenvalue weighted by atomic mass is 10.1. The fourth-order valence-electron chi connectivity index (χ4n) is 2.38. The van der Waals surface area contributed by atoms with Crippen molar-refractivity contribution in [2.75, 3.05) is 6.54 Å². The summed E-state index contributed by atoms with van der Waals surface area (Å²) < 4.78 is 0. The van der Waals surface area contributed by atoms with Crippen molar-refractivity contribution in [3.63, 3.8) is 0 Å². The van der Waals surface area contributed by atoms with Gasteiger partial charge in [0.15, 0.2) is 21.8 Å². The van der Waals surface area contributed by atoms with Gasteiger partial charge in [0.2, 0.25) is 0 Å². The SMILES string of the molecule is CC(=NCC(N)=S)c1ccc(/C(C)=N/NC(N)=S)cc1.CC(=O)c1ccc(C(C)=O)cc1.NNC(N)=S. The Bertz CT molecular complexity index is 1080. The Morgan fingerprint density at radius 3 is 1.35 bits per heavy atom. The van der Waals surface area contributed by atoms with Gasteiger partial charge in [-0.05, 0) is 63.3 Å². The molecule has 0 unspecified atom stereocenters. The van der Waals surface area contributed by atoms with Crippen molar-refractivity contribution in [3.8, 4) is 0 Å². The number of aliphatic imine (C=N–C) groups is 1. The number of carbonyl (C=O) groups excluding carboxylic acids is 2. The van der Waals surface area contributed by atoms with Gasteiger partial charge in [-0.1, -0.05) is 60.7 Å². The predicted octanol–water partition coefficient (Wildman–Crippen LogP) is 2.12. The number of carbonyl (C=O) groups is 2. The van der Waals surface area contributed by atoms with Crippen molar-refractivity contribution in [2.45, 2.75) is 27.7 Å². The Morgan fingerprint density at radius 2 is 1.05 bits per heavy atom. The molecule has 10 N–H and O–H groups in total. The molecule has 13 heteroatoms. The number of hydrazine groups is 1. The third kappa shape index (κ3) is 15.1. The van der Waals surface area contributed by atoms with Crippen LogP contribution in [-0.4, -0.2) is 44.7 Å². The average Bonchev–Trinajstić information content (AvgIpc) is 2.86. The van der Waals surface area contributed by atoms with Crippen molar-refractivity contribution in [2.24, 2.45) is 33.1 Å². The average molecular weight is 561 g/mol. The molecule has 0 saturated heterocycles. The van der Waals surface area contributed by atoms with Crippen molar-refractivity contribution >= 4 is 74.9 Å². The first-order valence-corrected chi connectivity index (χ1v) is 11.9. The predicted molar refractivity (Wildman–Crippen MR) is 163 cm³/mol. The lowest BCUT2D eigenvalue weighted by Gasteiger charge is -2.05. The fraction of sp³-hybridized carbons (Fsp3) is 0.208. The summed E-state index contributed by atoms with van der Waals surface area (Å²) in [5, 5.41) is 4.32. The van der Waals surface area contributed by atoms with Gasteiger partial charge in [-0.25, -0.2) is 5.84 Å². The number of Topliss-reactive ketones (excluding diaryl/α,β-unsaturated/α-hetero) is 2. The molecule has 0 atom stereocenters. The summed E-state index contributed by atoms with van der Waals surface area (Å²) in [6.45, 7) is 7.16. The number of ketones is 2. The van der Waals surface area contributed by atoms with E-state index in [2.05, 4.69) is 33.6 Å². The van der Waals surface area contributed by atoms with Crippen molar-refractivity contribution in [1.29, 1.82) is 0 Å². The minimum Gasteiger partial charge on any atom is -0.392 e. The number of nitrogens with two attached hydrogens (primary N) is 4. The van der Waals surface area contributed by atoms with E-state index in [-0.39, 0.29) is 21.8 Å². The summed E-state index contributed by atoms with van der Waals surface area (Å²) in [6, 6.07) is 14.5. The summed E-state index contributed by atoms with van der Waals surface area (Å²) >= 11 is 13.7. The number of benzene rings is 2. The molecule has 0 aliphatic heterocycles. The number of hydrogen-bond acceptors (Lipinski definition) is 8. The second-order valence-electron chi connectivity index (χ2n) is 7.32. The number of hydrogen-bond donors (Lipinski definition) is 6. The van der Waals surface area contributed by atoms with Gasteiger partial charge in [0.1, 0.15) is 0 Å². The fourth-order valence-corrected chi connectivity index (χ4v) is 2.49. The van der Waals surface area contributed by atoms with Crippen LogP contribution in [0, 0.1) is 0 Å². The lowest BCUT2D eigenvalue weighted by Crippen LogP contribution is -2.34. The van der Waals surface area contributed by atoms with Gasteiger partial charge in [-0.2, -0.15) is 5.10 Å². The van der Waals surface area contributed by atoms with Gasteiger partial charge in [0, 0.05) is 16.8 Å². The van der Waals surface area contributed by atoms with E-state index in [1.807, 2.05) is 43.5 Å². The van der Waals surface area contributed by atoms with Crippen LogP contribution in [0.3, 0.4) is 0 Å². The lowest BCUT2D eigenvalue weighted by molar-refractivity contribution is 0.100. The summed E-state index contributed by atoms with van der Waals surface area (Å²) in [5.74, 6) is 4.69. The van der Waals surface area contributed by atoms with Gasteiger partial charge < -0.3 is 22.6 Å². The molecule has 198 valence electrons. The molecule has 0 bridgehead atoms. The molecule has 2 aromatic rings. The highest BCUT2D eigenvalue weighted by Crippen LogP contribution is 2.07. The first kappa shape index (κ1) is 33.4. The molecule has 0 saturated carbocycles. The molecule has 2 aromatic carbocycles. The largest absolute Gasteiger partial charge is 0.392 e. The Kier molecular flexibility index (Phi) is 16.0. The van der Waals surface area contributed by atoms with E-state index in [1.54, 1.807) is 24.3 Å². The Morgan fingerprint density at radius 1 is 0.703 bits per heavy atom. The standard InChI is InChI=1S/C13H17N5S2.C10H10O2.CH5N3S/c1-8(16-7-12(14)19)10-3-5-11(6-4-10)9(2)17-18-13(15)20;1-7(11)9-3-5-10(6-4-9)8(2)12;2-1(5)4-3/h3-6H,7H2,1-2H3,(H2,14,19)(H3,15,18,20);3-6H,1-2H3;3H2,(H3,2,4,5)/b16-8?,17-9+;;. The zero-order valence-corrected chi connectivity index (χ0v) is 23.5. The molecule has 0 aliphatic rings. The van der Waals surface area contributed by atoms with Crippen LogP contribution < -0.4 is 33.9 Å². The molecule has 37 heavy (non-hydrogen) atoms. The van der Waals surface area contributed by atoms with Crippen molar-refractivity contribution in [1.82, 2.24) is 10.9 Å². The molecule has 2 rings (SSSR count). The zero-order valence-electron chi connectivity index (χ0n) is 21.1. The molecule has 0 aliphatic carbocycles. The summed E-state index contributed by atoms with van der Waals surface area (Å²) in [7, 11) is 0. The Balaban J connectivity index is 0.000000641. The molecule has 10 nitrogen and oxygen atoms in total. The van der Waals surface area contributed by atoms with E-state index in [4.69, 9.17) is 41.6 Å². The zero-order chi connectivity index (χ0) is 28.5. The maximum Gasteiger partial charge on any atom is 0.184 e. The van der Waals surface area contributed by atoms with Crippen LogP contribution in [0.15, 0.2) is 58.6 Å². The van der Waals surface area contributed by atoms with Crippen LogP contribution in [0.4, 0.5) is 0 Å². The van der Waals surface area contributed by atoms with Gasteiger partial charge in [-0.15, -0.1) is 0 Å². The smallest absolute Gasteiger partial charge is 0.184 e. The minimum atomic E-state index is 0.0186. The number of rotatable bonds is 7. The number of nitrogens with one attached hydrogen (secondary N) is 2. The van der Waals surface area contributed by atoms with Gasteiger partial charge in [-0.3, -0.25) is 20.0 Å². The maximum atomic E-state index is 10.8. The number of hydrazone groups is 1. The summed E-state index contributed by atoms with van der Waals surface area (Å²) in [6.07, 6.45) is 0. The van der Waals surface area contributed by atoms with E-state index in [1.165, 1.54) is 13.8 Å². The number of thiocarbonyl (C=S) groups is 3. The summed E-state index contributed by atoms with van der Waals surface area (Å²) in [4.78, 5) is 26.4. The van der Waals surface area contributed by atoms with Crippen LogP contribution in [0.5, 0.6) is 0 Å². The van der Waals surface area contributed by atoms with Crippen LogP contribution in [-0.2, 0) is 0 Å². The van der Waals surface area contributed by atoms with E-state index in [0.29, 0.717) is 22.7 Å². The molecular weight excluding hydrogens is 529 g/mol. The molecule has 0 radical (unpaired) electrons. The van der Waals surface area contributed by atoms with E-state index in [0.717, 1.165) is 22.6 Å². The molecule has 0 amide bonds. The van der Waals surface area contributed by atoms with Crippen LogP contribution >= 0.6 is 36.7 Å². The first-order chi connectivity index (χ1) is 17.3. The van der Waals surface area contributed by atoms with E-state index < -0.39 is 0 Å². The Hall–Kier alpha value is -3.65. The third-order valence-corrected chi connectivity index (χ3v) is 4.70. The highest BCUT2D eigenvalue weighted by atomic mass is 32.1. The van der Waals surface area contributed by atoms with Crippen molar-refractivity contribution < 1.29 is 9.59 Å². The van der Waals surface area contributed by atoms with E-state index >= 15 is 0 Å². The van der Waals surface area contributed by atoms with Gasteiger partial charge >= 0.3 is 0 Å². The number of nitrogens with zero attached hydrogens (tertiary/aromatic N) is 2. The van der Waals surface area contributed by atoms with Crippen LogP contribution in [0.1, 0.15) is 59.5 Å². The molecule has 0 spiro atoms.